The summed E-state index contributed by atoms with van der Waals surface area (Å²) < 4.78 is 6.32. The van der Waals surface area contributed by atoms with Gasteiger partial charge in [0.2, 0.25) is 0 Å². The predicted octanol–water partition coefficient (Wildman–Crippen LogP) is 2.40. The first kappa shape index (κ1) is 20.0. The molecule has 146 valence electrons. The number of esters is 1. The number of hydrogen-bond donors (Lipinski definition) is 1. The van der Waals surface area contributed by atoms with Gasteiger partial charge in [0.05, 0.1) is 18.1 Å². The van der Waals surface area contributed by atoms with Crippen molar-refractivity contribution in [2.75, 3.05) is 13.2 Å². The molecule has 28 heavy (non-hydrogen) atoms. The topological polar surface area (TPSA) is 90.3 Å². The number of ether oxygens (including phenoxy) is 1. The van der Waals surface area contributed by atoms with Gasteiger partial charge in [0, 0.05) is 18.1 Å². The van der Waals surface area contributed by atoms with Crippen LogP contribution in [-0.2, 0) is 27.3 Å². The highest BCUT2D eigenvalue weighted by Crippen LogP contribution is 2.13. The Kier molecular flexibility index (Phi) is 6.78. The molecule has 0 fully saturated rings. The molecule has 9 heteroatoms. The third-order valence-electron chi connectivity index (χ3n) is 4.02. The van der Waals surface area contributed by atoms with Crippen LogP contribution in [0.25, 0.3) is 10.2 Å². The third kappa shape index (κ3) is 5.40. The Morgan fingerprint density at radius 1 is 1.21 bits per heavy atom. The van der Waals surface area contributed by atoms with Gasteiger partial charge in [-0.25, -0.2) is 4.98 Å². The van der Waals surface area contributed by atoms with Crippen molar-refractivity contribution < 1.29 is 14.3 Å². The number of halogens is 1. The number of nitrogens with one attached hydrogen (secondary N) is 1. The van der Waals surface area contributed by atoms with Gasteiger partial charge in [-0.05, 0) is 35.6 Å². The predicted molar refractivity (Wildman–Crippen MR) is 108 cm³/mol. The Balaban J connectivity index is 1.37. The van der Waals surface area contributed by atoms with Gasteiger partial charge in [-0.3, -0.25) is 19.0 Å². The monoisotopic (exact) mass is 419 g/mol. The number of fused-ring (bicyclic) bond motifs is 1. The summed E-state index contributed by atoms with van der Waals surface area (Å²) in [6.45, 7) is 0.227. The fourth-order valence-corrected chi connectivity index (χ4v) is 3.38. The fourth-order valence-electron chi connectivity index (χ4n) is 2.53. The standard InChI is InChI=1S/C19H18ClN3O4S/c20-14-3-1-13(2-4-14)5-8-21-16(24)11-27-17(25)6-9-23-12-22-18-15(19(23)26)7-10-28-18/h1-4,7,10,12H,5-6,8-9,11H2,(H,21,24). The molecule has 7 nitrogen and oxygen atoms in total. The lowest BCUT2D eigenvalue weighted by atomic mass is 10.1. The zero-order valence-electron chi connectivity index (χ0n) is 14.9. The largest absolute Gasteiger partial charge is 0.456 e. The molecule has 0 aliphatic carbocycles. The van der Waals surface area contributed by atoms with E-state index >= 15 is 0 Å². The van der Waals surface area contributed by atoms with Crippen LogP contribution in [0.1, 0.15) is 12.0 Å². The van der Waals surface area contributed by atoms with E-state index in [4.69, 9.17) is 16.3 Å². The first-order valence-corrected chi connectivity index (χ1v) is 9.88. The minimum atomic E-state index is -0.551. The molecule has 2 heterocycles. The lowest BCUT2D eigenvalue weighted by Gasteiger charge is -2.08. The van der Waals surface area contributed by atoms with Crippen molar-refractivity contribution in [2.24, 2.45) is 0 Å². The molecule has 2 aromatic heterocycles. The van der Waals surface area contributed by atoms with Crippen molar-refractivity contribution in [1.29, 1.82) is 0 Å². The van der Waals surface area contributed by atoms with Gasteiger partial charge in [-0.1, -0.05) is 23.7 Å². The molecule has 0 bridgehead atoms. The van der Waals surface area contributed by atoms with E-state index in [2.05, 4.69) is 10.3 Å². The van der Waals surface area contributed by atoms with Crippen molar-refractivity contribution >= 4 is 45.0 Å². The zero-order valence-corrected chi connectivity index (χ0v) is 16.5. The van der Waals surface area contributed by atoms with E-state index in [1.54, 1.807) is 23.6 Å². The van der Waals surface area contributed by atoms with Crippen LogP contribution < -0.4 is 10.9 Å². The smallest absolute Gasteiger partial charge is 0.308 e. The Hall–Kier alpha value is -2.71. The number of rotatable bonds is 8. The van der Waals surface area contributed by atoms with Gasteiger partial charge in [-0.2, -0.15) is 0 Å². The molecule has 3 rings (SSSR count). The minimum absolute atomic E-state index is 0.0186. The second-order valence-electron chi connectivity index (χ2n) is 6.02. The Morgan fingerprint density at radius 2 is 2.00 bits per heavy atom. The van der Waals surface area contributed by atoms with Crippen molar-refractivity contribution in [3.8, 4) is 0 Å². The summed E-state index contributed by atoms with van der Waals surface area (Å²) in [5.74, 6) is -0.925. The van der Waals surface area contributed by atoms with E-state index in [0.29, 0.717) is 28.2 Å². The number of aromatic nitrogens is 2. The number of benzene rings is 1. The molecule has 0 saturated carbocycles. The van der Waals surface area contributed by atoms with E-state index in [1.165, 1.54) is 22.2 Å². The maximum absolute atomic E-state index is 12.2. The maximum atomic E-state index is 12.2. The highest BCUT2D eigenvalue weighted by molar-refractivity contribution is 7.16. The summed E-state index contributed by atoms with van der Waals surface area (Å²) in [5.41, 5.74) is 0.849. The van der Waals surface area contributed by atoms with Crippen LogP contribution in [0.4, 0.5) is 0 Å². The summed E-state index contributed by atoms with van der Waals surface area (Å²) >= 11 is 7.21. The molecule has 0 unspecified atom stereocenters. The number of carbonyl (C=O) groups excluding carboxylic acids is 2. The molecule has 1 amide bonds. The molecule has 1 N–H and O–H groups in total. The van der Waals surface area contributed by atoms with Crippen molar-refractivity contribution in [2.45, 2.75) is 19.4 Å². The van der Waals surface area contributed by atoms with E-state index in [-0.39, 0.29) is 31.0 Å². The van der Waals surface area contributed by atoms with E-state index in [9.17, 15) is 14.4 Å². The van der Waals surface area contributed by atoms with Gasteiger partial charge in [0.15, 0.2) is 6.61 Å². The zero-order chi connectivity index (χ0) is 19.9. The molecule has 0 spiro atoms. The normalized spacial score (nSPS) is 10.8. The van der Waals surface area contributed by atoms with E-state index in [1.807, 2.05) is 12.1 Å². The highest BCUT2D eigenvalue weighted by Gasteiger charge is 2.10. The number of thiophene rings is 1. The first-order valence-electron chi connectivity index (χ1n) is 8.62. The Morgan fingerprint density at radius 3 is 2.79 bits per heavy atom. The van der Waals surface area contributed by atoms with Crippen molar-refractivity contribution in [3.63, 3.8) is 0 Å². The number of amides is 1. The van der Waals surface area contributed by atoms with Crippen LogP contribution in [0.2, 0.25) is 5.02 Å². The van der Waals surface area contributed by atoms with Crippen molar-refractivity contribution in [1.82, 2.24) is 14.9 Å². The maximum Gasteiger partial charge on any atom is 0.308 e. The quantitative estimate of drug-likeness (QED) is 0.566. The number of nitrogens with zero attached hydrogens (tertiary/aromatic N) is 2. The summed E-state index contributed by atoms with van der Waals surface area (Å²) in [7, 11) is 0. The summed E-state index contributed by atoms with van der Waals surface area (Å²) in [6, 6.07) is 9.06. The average Bonchev–Trinajstić information content (AvgIpc) is 3.17. The summed E-state index contributed by atoms with van der Waals surface area (Å²) in [5, 5.41) is 5.67. The fraction of sp³-hybridized carbons (Fsp3) is 0.263. The second kappa shape index (κ2) is 9.48. The molecule has 0 aliphatic heterocycles. The lowest BCUT2D eigenvalue weighted by molar-refractivity contribution is -0.148. The molecule has 0 radical (unpaired) electrons. The third-order valence-corrected chi connectivity index (χ3v) is 5.09. The van der Waals surface area contributed by atoms with Gasteiger partial charge in [-0.15, -0.1) is 11.3 Å². The molecular formula is C19H18ClN3O4S. The second-order valence-corrected chi connectivity index (χ2v) is 7.35. The molecule has 0 atom stereocenters. The minimum Gasteiger partial charge on any atom is -0.456 e. The lowest BCUT2D eigenvalue weighted by Crippen LogP contribution is -2.30. The van der Waals surface area contributed by atoms with Gasteiger partial charge < -0.3 is 10.1 Å². The van der Waals surface area contributed by atoms with Gasteiger partial charge in [0.25, 0.3) is 11.5 Å². The van der Waals surface area contributed by atoms with Crippen LogP contribution in [0.15, 0.2) is 46.8 Å². The Bertz CT molecular complexity index is 1030. The molecule has 1 aromatic carbocycles. The van der Waals surface area contributed by atoms with Crippen LogP contribution in [-0.4, -0.2) is 34.6 Å². The van der Waals surface area contributed by atoms with Gasteiger partial charge >= 0.3 is 5.97 Å². The van der Waals surface area contributed by atoms with Crippen LogP contribution in [0.5, 0.6) is 0 Å². The van der Waals surface area contributed by atoms with Gasteiger partial charge in [0.1, 0.15) is 4.83 Å². The molecular weight excluding hydrogens is 402 g/mol. The van der Waals surface area contributed by atoms with Crippen LogP contribution in [0, 0.1) is 0 Å². The number of hydrogen-bond acceptors (Lipinski definition) is 6. The number of carbonyl (C=O) groups is 2. The average molecular weight is 420 g/mol. The molecule has 0 saturated heterocycles. The van der Waals surface area contributed by atoms with Crippen LogP contribution in [0.3, 0.4) is 0 Å². The molecule has 0 aliphatic rings. The summed E-state index contributed by atoms with van der Waals surface area (Å²) in [4.78, 5) is 40.7. The van der Waals surface area contributed by atoms with E-state index < -0.39 is 5.97 Å². The summed E-state index contributed by atoms with van der Waals surface area (Å²) in [6.07, 6.45) is 2.05. The Labute approximate surface area is 169 Å². The SMILES string of the molecule is O=C(COC(=O)CCn1cnc2sccc2c1=O)NCCc1ccc(Cl)cc1. The van der Waals surface area contributed by atoms with Crippen molar-refractivity contribution in [3.05, 3.63) is 63.0 Å². The van der Waals surface area contributed by atoms with Crippen LogP contribution >= 0.6 is 22.9 Å². The molecule has 3 aromatic rings. The highest BCUT2D eigenvalue weighted by atomic mass is 35.5. The van der Waals surface area contributed by atoms with E-state index in [0.717, 1.165) is 5.56 Å². The number of aryl methyl sites for hydroxylation is 1. The first-order chi connectivity index (χ1) is 13.5.